The summed E-state index contributed by atoms with van der Waals surface area (Å²) in [5, 5.41) is 9.68. The number of methoxy groups -OCH3 is 1. The summed E-state index contributed by atoms with van der Waals surface area (Å²) in [7, 11) is 1.56. The van der Waals surface area contributed by atoms with Gasteiger partial charge in [0.1, 0.15) is 12.1 Å². The third-order valence-electron chi connectivity index (χ3n) is 3.67. The first-order chi connectivity index (χ1) is 10.2. The maximum Gasteiger partial charge on any atom is 0.160 e. The van der Waals surface area contributed by atoms with Crippen LogP contribution in [0.3, 0.4) is 0 Å². The van der Waals surface area contributed by atoms with Gasteiger partial charge in [0.15, 0.2) is 11.5 Å². The van der Waals surface area contributed by atoms with Crippen LogP contribution in [-0.4, -0.2) is 28.2 Å². The summed E-state index contributed by atoms with van der Waals surface area (Å²) in [6.45, 7) is 2.72. The SMILES string of the molecule is COc1cc(CN(c2cc(C)ncn2)C2CC2)ccc1O. The van der Waals surface area contributed by atoms with Crippen molar-refractivity contribution in [3.05, 3.63) is 41.9 Å². The first kappa shape index (κ1) is 13.7. The molecule has 3 rings (SSSR count). The summed E-state index contributed by atoms with van der Waals surface area (Å²) in [5.41, 5.74) is 2.06. The summed E-state index contributed by atoms with van der Waals surface area (Å²) in [5.74, 6) is 1.62. The van der Waals surface area contributed by atoms with Crippen LogP contribution >= 0.6 is 0 Å². The van der Waals surface area contributed by atoms with Gasteiger partial charge in [0.2, 0.25) is 0 Å². The minimum atomic E-state index is 0.164. The summed E-state index contributed by atoms with van der Waals surface area (Å²) in [6.07, 6.45) is 3.99. The lowest BCUT2D eigenvalue weighted by molar-refractivity contribution is 0.373. The van der Waals surface area contributed by atoms with Crippen molar-refractivity contribution in [1.82, 2.24) is 9.97 Å². The molecule has 0 unspecified atom stereocenters. The second-order valence-corrected chi connectivity index (χ2v) is 5.38. The highest BCUT2D eigenvalue weighted by Crippen LogP contribution is 2.33. The van der Waals surface area contributed by atoms with Gasteiger partial charge in [-0.15, -0.1) is 0 Å². The summed E-state index contributed by atoms with van der Waals surface area (Å²) >= 11 is 0. The van der Waals surface area contributed by atoms with Crippen LogP contribution in [0.15, 0.2) is 30.6 Å². The van der Waals surface area contributed by atoms with E-state index in [1.54, 1.807) is 19.5 Å². The van der Waals surface area contributed by atoms with Crippen molar-refractivity contribution in [2.75, 3.05) is 12.0 Å². The molecule has 0 radical (unpaired) electrons. The van der Waals surface area contributed by atoms with E-state index in [1.807, 2.05) is 25.1 Å². The number of aryl methyl sites for hydroxylation is 1. The Kier molecular flexibility index (Phi) is 3.64. The number of rotatable bonds is 5. The molecule has 1 N–H and O–H groups in total. The summed E-state index contributed by atoms with van der Waals surface area (Å²) < 4.78 is 5.17. The van der Waals surface area contributed by atoms with Crippen molar-refractivity contribution in [3.8, 4) is 11.5 Å². The number of ether oxygens (including phenoxy) is 1. The molecule has 1 aliphatic rings. The number of hydrogen-bond donors (Lipinski definition) is 1. The zero-order valence-electron chi connectivity index (χ0n) is 12.3. The molecule has 0 saturated heterocycles. The van der Waals surface area contributed by atoms with Crippen molar-refractivity contribution in [2.45, 2.75) is 32.4 Å². The van der Waals surface area contributed by atoms with E-state index in [9.17, 15) is 5.11 Å². The molecule has 1 aromatic carbocycles. The highest BCUT2D eigenvalue weighted by atomic mass is 16.5. The number of anilines is 1. The van der Waals surface area contributed by atoms with E-state index in [0.29, 0.717) is 11.8 Å². The number of benzene rings is 1. The Morgan fingerprint density at radius 2 is 2.10 bits per heavy atom. The molecule has 0 amide bonds. The van der Waals surface area contributed by atoms with Gasteiger partial charge in [0, 0.05) is 24.3 Å². The van der Waals surface area contributed by atoms with Gasteiger partial charge < -0.3 is 14.7 Å². The molecule has 0 aliphatic heterocycles. The second-order valence-electron chi connectivity index (χ2n) is 5.38. The van der Waals surface area contributed by atoms with E-state index < -0.39 is 0 Å². The molecule has 1 aromatic heterocycles. The first-order valence-electron chi connectivity index (χ1n) is 7.08. The number of phenolic OH excluding ortho intramolecular Hbond substituents is 1. The smallest absolute Gasteiger partial charge is 0.160 e. The lowest BCUT2D eigenvalue weighted by atomic mass is 10.2. The van der Waals surface area contributed by atoms with E-state index in [2.05, 4.69) is 14.9 Å². The molecule has 1 fully saturated rings. The van der Waals surface area contributed by atoms with E-state index in [-0.39, 0.29) is 5.75 Å². The summed E-state index contributed by atoms with van der Waals surface area (Å²) in [6, 6.07) is 8.01. The lowest BCUT2D eigenvalue weighted by Crippen LogP contribution is -2.26. The van der Waals surface area contributed by atoms with E-state index >= 15 is 0 Å². The molecule has 5 nitrogen and oxygen atoms in total. The van der Waals surface area contributed by atoms with E-state index in [1.165, 1.54) is 12.8 Å². The highest BCUT2D eigenvalue weighted by molar-refractivity contribution is 5.46. The molecule has 0 atom stereocenters. The van der Waals surface area contributed by atoms with Gasteiger partial charge in [-0.05, 0) is 37.5 Å². The van der Waals surface area contributed by atoms with Crippen LogP contribution in [0.5, 0.6) is 11.5 Å². The number of aromatic nitrogens is 2. The van der Waals surface area contributed by atoms with Crippen molar-refractivity contribution in [3.63, 3.8) is 0 Å². The number of phenols is 1. The highest BCUT2D eigenvalue weighted by Gasteiger charge is 2.30. The number of aromatic hydroxyl groups is 1. The quantitative estimate of drug-likeness (QED) is 0.915. The molecule has 0 spiro atoms. The van der Waals surface area contributed by atoms with Gasteiger partial charge >= 0.3 is 0 Å². The average Bonchev–Trinajstić information content (AvgIpc) is 3.31. The Morgan fingerprint density at radius 1 is 1.29 bits per heavy atom. The van der Waals surface area contributed by atoms with Crippen LogP contribution in [-0.2, 0) is 6.54 Å². The van der Waals surface area contributed by atoms with Gasteiger partial charge in [0.25, 0.3) is 0 Å². The van der Waals surface area contributed by atoms with Crippen molar-refractivity contribution in [2.24, 2.45) is 0 Å². The van der Waals surface area contributed by atoms with Crippen LogP contribution < -0.4 is 9.64 Å². The second kappa shape index (κ2) is 5.60. The Labute approximate surface area is 124 Å². The first-order valence-corrected chi connectivity index (χ1v) is 7.08. The van der Waals surface area contributed by atoms with Crippen LogP contribution in [0.25, 0.3) is 0 Å². The van der Waals surface area contributed by atoms with Gasteiger partial charge in [-0.25, -0.2) is 9.97 Å². The predicted octanol–water partition coefficient (Wildman–Crippen LogP) is 2.67. The standard InChI is InChI=1S/C16H19N3O2/c1-11-7-16(18-10-17-11)19(13-4-5-13)9-12-3-6-14(20)15(8-12)21-2/h3,6-8,10,13,20H,4-5,9H2,1-2H3. The molecule has 21 heavy (non-hydrogen) atoms. The molecule has 1 saturated carbocycles. The molecular weight excluding hydrogens is 266 g/mol. The lowest BCUT2D eigenvalue weighted by Gasteiger charge is -2.24. The molecular formula is C16H19N3O2. The van der Waals surface area contributed by atoms with E-state index in [0.717, 1.165) is 23.6 Å². The minimum absolute atomic E-state index is 0.164. The Hall–Kier alpha value is -2.30. The number of nitrogens with zero attached hydrogens (tertiary/aromatic N) is 3. The van der Waals surface area contributed by atoms with Crippen molar-refractivity contribution in [1.29, 1.82) is 0 Å². The zero-order valence-corrected chi connectivity index (χ0v) is 12.3. The normalized spacial score (nSPS) is 14.0. The Morgan fingerprint density at radius 3 is 2.76 bits per heavy atom. The molecule has 0 bridgehead atoms. The molecule has 1 aliphatic carbocycles. The third kappa shape index (κ3) is 3.07. The summed E-state index contributed by atoms with van der Waals surface area (Å²) in [4.78, 5) is 10.8. The molecule has 5 heteroatoms. The maximum atomic E-state index is 9.68. The molecule has 110 valence electrons. The van der Waals surface area contributed by atoms with Crippen molar-refractivity contribution >= 4 is 5.82 Å². The van der Waals surface area contributed by atoms with Gasteiger partial charge in [-0.3, -0.25) is 0 Å². The van der Waals surface area contributed by atoms with Gasteiger partial charge in [0.05, 0.1) is 7.11 Å². The largest absolute Gasteiger partial charge is 0.504 e. The molecule has 2 aromatic rings. The van der Waals surface area contributed by atoms with E-state index in [4.69, 9.17) is 4.74 Å². The van der Waals surface area contributed by atoms with Crippen LogP contribution in [0.2, 0.25) is 0 Å². The van der Waals surface area contributed by atoms with Crippen molar-refractivity contribution < 1.29 is 9.84 Å². The Balaban J connectivity index is 1.86. The zero-order chi connectivity index (χ0) is 14.8. The fourth-order valence-corrected chi connectivity index (χ4v) is 2.40. The topological polar surface area (TPSA) is 58.5 Å². The molecule has 1 heterocycles. The van der Waals surface area contributed by atoms with Crippen LogP contribution in [0.4, 0.5) is 5.82 Å². The van der Waals surface area contributed by atoms with Crippen LogP contribution in [0.1, 0.15) is 24.1 Å². The monoisotopic (exact) mass is 285 g/mol. The average molecular weight is 285 g/mol. The predicted molar refractivity (Wildman–Crippen MR) is 80.6 cm³/mol. The number of hydrogen-bond acceptors (Lipinski definition) is 5. The fraction of sp³-hybridized carbons (Fsp3) is 0.375. The Bertz CT molecular complexity index is 641. The third-order valence-corrected chi connectivity index (χ3v) is 3.67. The maximum absolute atomic E-state index is 9.68. The van der Waals surface area contributed by atoms with Gasteiger partial charge in [-0.1, -0.05) is 6.07 Å². The minimum Gasteiger partial charge on any atom is -0.504 e. The van der Waals surface area contributed by atoms with Crippen LogP contribution in [0, 0.1) is 6.92 Å². The van der Waals surface area contributed by atoms with Gasteiger partial charge in [-0.2, -0.15) is 0 Å². The fourth-order valence-electron chi connectivity index (χ4n) is 2.40.